The Balaban J connectivity index is 1.36. The van der Waals surface area contributed by atoms with Crippen LogP contribution in [0.25, 0.3) is 5.57 Å². The zero-order valence-corrected chi connectivity index (χ0v) is 18.6. The Morgan fingerprint density at radius 1 is 1.00 bits per heavy atom. The van der Waals surface area contributed by atoms with Crippen LogP contribution in [0.2, 0.25) is 0 Å². The van der Waals surface area contributed by atoms with Crippen LogP contribution in [0.5, 0.6) is 0 Å². The van der Waals surface area contributed by atoms with Crippen molar-refractivity contribution < 1.29 is 19.1 Å². The molecule has 6 heteroatoms. The van der Waals surface area contributed by atoms with Crippen LogP contribution < -0.4 is 0 Å². The number of aliphatic imine (C=N–C) groups is 1. The summed E-state index contributed by atoms with van der Waals surface area (Å²) >= 11 is 0. The number of methoxy groups -OCH3 is 2. The third-order valence-electron chi connectivity index (χ3n) is 6.33. The van der Waals surface area contributed by atoms with Crippen LogP contribution in [0.1, 0.15) is 22.3 Å². The van der Waals surface area contributed by atoms with Crippen LogP contribution in [0.3, 0.4) is 0 Å². The van der Waals surface area contributed by atoms with E-state index in [1.54, 1.807) is 26.5 Å². The molecule has 166 valence electrons. The quantitative estimate of drug-likeness (QED) is 0.709. The third kappa shape index (κ3) is 3.89. The standard InChI is InChI=1S/C27H24N2O4/c1-32-24-12-21-22(13-25(24)33-2)27(31)28-14-23(21)18-9-7-17(8-10-18)11-26(30)29-15-19-5-3-4-6-20(19)16-29/h3-10,12-14,22H,11,15-16H2,1-2H3. The van der Waals surface area contributed by atoms with E-state index in [-0.39, 0.29) is 11.8 Å². The molecule has 1 aliphatic carbocycles. The lowest BCUT2D eigenvalue weighted by Gasteiger charge is -2.25. The first-order valence-corrected chi connectivity index (χ1v) is 10.8. The van der Waals surface area contributed by atoms with Gasteiger partial charge in [-0.2, -0.15) is 0 Å². The molecule has 6 nitrogen and oxygen atoms in total. The highest BCUT2D eigenvalue weighted by molar-refractivity contribution is 6.19. The molecule has 1 unspecified atom stereocenters. The van der Waals surface area contributed by atoms with E-state index in [4.69, 9.17) is 9.47 Å². The van der Waals surface area contributed by atoms with Crippen LogP contribution >= 0.6 is 0 Å². The van der Waals surface area contributed by atoms with Gasteiger partial charge in [-0.1, -0.05) is 48.5 Å². The topological polar surface area (TPSA) is 68.2 Å². The van der Waals surface area contributed by atoms with Crippen molar-refractivity contribution in [2.45, 2.75) is 19.5 Å². The lowest BCUT2D eigenvalue weighted by atomic mass is 9.84. The summed E-state index contributed by atoms with van der Waals surface area (Å²) in [5.74, 6) is 0.468. The van der Waals surface area contributed by atoms with Gasteiger partial charge >= 0.3 is 0 Å². The molecular weight excluding hydrogens is 416 g/mol. The minimum atomic E-state index is -0.503. The average Bonchev–Trinajstić information content (AvgIpc) is 3.29. The lowest BCUT2D eigenvalue weighted by molar-refractivity contribution is -0.131. The Hall–Kier alpha value is -3.93. The highest BCUT2D eigenvalue weighted by atomic mass is 16.5. The second-order valence-electron chi connectivity index (χ2n) is 8.28. The van der Waals surface area contributed by atoms with E-state index in [9.17, 15) is 9.59 Å². The number of carbonyl (C=O) groups excluding carboxylic acids is 2. The van der Waals surface area contributed by atoms with Crippen molar-refractivity contribution in [2.24, 2.45) is 10.9 Å². The summed E-state index contributed by atoms with van der Waals surface area (Å²) in [4.78, 5) is 31.2. The second-order valence-corrected chi connectivity index (χ2v) is 8.28. The van der Waals surface area contributed by atoms with Gasteiger partial charge in [-0.05, 0) is 40.0 Å². The summed E-state index contributed by atoms with van der Waals surface area (Å²) < 4.78 is 10.8. The van der Waals surface area contributed by atoms with Crippen molar-refractivity contribution in [2.75, 3.05) is 14.2 Å². The molecule has 33 heavy (non-hydrogen) atoms. The summed E-state index contributed by atoms with van der Waals surface area (Å²) in [5, 5.41) is 0. The molecule has 0 fully saturated rings. The van der Waals surface area contributed by atoms with Gasteiger partial charge in [0.2, 0.25) is 5.91 Å². The van der Waals surface area contributed by atoms with Gasteiger partial charge in [0, 0.05) is 24.9 Å². The van der Waals surface area contributed by atoms with Crippen LogP contribution in [0.4, 0.5) is 0 Å². The minimum Gasteiger partial charge on any atom is -0.493 e. The first-order valence-electron chi connectivity index (χ1n) is 10.8. The van der Waals surface area contributed by atoms with E-state index in [1.165, 1.54) is 11.1 Å². The number of amides is 2. The SMILES string of the molecule is COC1=CC2=C(c3ccc(CC(=O)N4Cc5ccccc5C4)cc3)C=NC(=O)C2C=C1OC. The van der Waals surface area contributed by atoms with Crippen molar-refractivity contribution in [3.63, 3.8) is 0 Å². The van der Waals surface area contributed by atoms with E-state index in [0.717, 1.165) is 22.3 Å². The average molecular weight is 440 g/mol. The maximum Gasteiger partial charge on any atom is 0.257 e. The number of allylic oxidation sites excluding steroid dienone is 2. The zero-order valence-electron chi connectivity index (χ0n) is 18.6. The minimum absolute atomic E-state index is 0.114. The number of ether oxygens (including phenoxy) is 2. The van der Waals surface area contributed by atoms with Gasteiger partial charge in [-0.15, -0.1) is 0 Å². The molecule has 0 bridgehead atoms. The first kappa shape index (κ1) is 20.9. The predicted octanol–water partition coefficient (Wildman–Crippen LogP) is 3.83. The molecule has 0 saturated heterocycles. The molecule has 0 N–H and O–H groups in total. The molecule has 0 saturated carbocycles. The van der Waals surface area contributed by atoms with Gasteiger partial charge in [0.1, 0.15) is 0 Å². The third-order valence-corrected chi connectivity index (χ3v) is 6.33. The van der Waals surface area contributed by atoms with E-state index in [2.05, 4.69) is 17.1 Å². The second kappa shape index (κ2) is 8.54. The Labute approximate surface area is 192 Å². The van der Waals surface area contributed by atoms with Gasteiger partial charge in [0.25, 0.3) is 5.91 Å². The number of benzene rings is 2. The van der Waals surface area contributed by atoms with Gasteiger partial charge in [0.05, 0.1) is 26.6 Å². The Kier molecular flexibility index (Phi) is 5.42. The van der Waals surface area contributed by atoms with Gasteiger partial charge in [0.15, 0.2) is 11.5 Å². The Morgan fingerprint density at radius 2 is 1.67 bits per heavy atom. The van der Waals surface area contributed by atoms with E-state index < -0.39 is 5.92 Å². The smallest absolute Gasteiger partial charge is 0.257 e. The van der Waals surface area contributed by atoms with E-state index >= 15 is 0 Å². The van der Waals surface area contributed by atoms with E-state index in [0.29, 0.717) is 31.0 Å². The lowest BCUT2D eigenvalue weighted by Crippen LogP contribution is -2.26. The summed E-state index contributed by atoms with van der Waals surface area (Å²) in [5.41, 5.74) is 6.00. The molecule has 5 rings (SSSR count). The van der Waals surface area contributed by atoms with Crippen molar-refractivity contribution in [1.29, 1.82) is 0 Å². The number of dihydropyridines is 1. The fourth-order valence-corrected chi connectivity index (χ4v) is 4.53. The summed E-state index contributed by atoms with van der Waals surface area (Å²) in [7, 11) is 3.12. The summed E-state index contributed by atoms with van der Waals surface area (Å²) in [6, 6.07) is 16.0. The molecule has 2 amide bonds. The molecule has 2 aromatic carbocycles. The number of hydrogen-bond acceptors (Lipinski definition) is 4. The highest BCUT2D eigenvalue weighted by Gasteiger charge is 2.31. The van der Waals surface area contributed by atoms with Crippen LogP contribution in [-0.4, -0.2) is 37.1 Å². The molecular formula is C27H24N2O4. The molecule has 0 radical (unpaired) electrons. The Bertz CT molecular complexity index is 1230. The number of hydrogen-bond donors (Lipinski definition) is 0. The maximum absolute atomic E-state index is 12.8. The molecule has 2 aliphatic heterocycles. The number of nitrogens with zero attached hydrogens (tertiary/aromatic N) is 2. The molecule has 0 spiro atoms. The van der Waals surface area contributed by atoms with Crippen LogP contribution in [0.15, 0.2) is 82.8 Å². The highest BCUT2D eigenvalue weighted by Crippen LogP contribution is 2.36. The molecule has 1 atom stereocenters. The van der Waals surface area contributed by atoms with Gasteiger partial charge in [-0.25, -0.2) is 4.99 Å². The number of rotatable bonds is 5. The normalized spacial score (nSPS) is 19.0. The molecule has 2 aromatic rings. The maximum atomic E-state index is 12.8. The molecule has 0 aromatic heterocycles. The van der Waals surface area contributed by atoms with Crippen molar-refractivity contribution in [3.05, 3.63) is 100 Å². The van der Waals surface area contributed by atoms with Crippen LogP contribution in [-0.2, 0) is 38.6 Å². The monoisotopic (exact) mass is 440 g/mol. The summed E-state index contributed by atoms with van der Waals surface area (Å²) in [6.07, 6.45) is 5.53. The fraction of sp³-hybridized carbons (Fsp3) is 0.222. The predicted molar refractivity (Wildman–Crippen MR) is 125 cm³/mol. The van der Waals surface area contributed by atoms with Crippen molar-refractivity contribution in [3.8, 4) is 0 Å². The number of fused-ring (bicyclic) bond motifs is 2. The molecule has 2 heterocycles. The van der Waals surface area contributed by atoms with Crippen molar-refractivity contribution >= 4 is 23.6 Å². The number of carbonyl (C=O) groups is 2. The first-order chi connectivity index (χ1) is 16.1. The van der Waals surface area contributed by atoms with Gasteiger partial charge < -0.3 is 14.4 Å². The van der Waals surface area contributed by atoms with Crippen LogP contribution in [0, 0.1) is 5.92 Å². The zero-order chi connectivity index (χ0) is 22.9. The van der Waals surface area contributed by atoms with Crippen molar-refractivity contribution in [1.82, 2.24) is 4.90 Å². The summed E-state index contributed by atoms with van der Waals surface area (Å²) in [6.45, 7) is 1.33. The largest absolute Gasteiger partial charge is 0.493 e. The van der Waals surface area contributed by atoms with Gasteiger partial charge in [-0.3, -0.25) is 9.59 Å². The Morgan fingerprint density at radius 3 is 2.30 bits per heavy atom. The molecule has 3 aliphatic rings. The van der Waals surface area contributed by atoms with E-state index in [1.807, 2.05) is 47.4 Å². The fourth-order valence-electron chi connectivity index (χ4n) is 4.53.